The van der Waals surface area contributed by atoms with E-state index in [0.717, 1.165) is 48.8 Å². The number of aryl methyl sites for hydroxylation is 1. The monoisotopic (exact) mass is 297 g/mol. The SMILES string of the molecule is Cc1nc(C(=O)C2CCOC3(CCSCC3)C2)cs1. The number of thioether (sulfide) groups is 1. The fraction of sp³-hybridized carbons (Fsp3) is 0.714. The van der Waals surface area contributed by atoms with Crippen LogP contribution in [0.4, 0.5) is 0 Å². The number of Topliss-reactive ketones (excluding diaryl/α,β-unsaturated/α-hetero) is 1. The highest BCUT2D eigenvalue weighted by Gasteiger charge is 2.41. The van der Waals surface area contributed by atoms with Crippen LogP contribution < -0.4 is 0 Å². The first-order valence-corrected chi connectivity index (χ1v) is 8.90. The number of aromatic nitrogens is 1. The van der Waals surface area contributed by atoms with Crippen molar-refractivity contribution >= 4 is 28.9 Å². The largest absolute Gasteiger partial charge is 0.375 e. The van der Waals surface area contributed by atoms with Gasteiger partial charge in [-0.2, -0.15) is 11.8 Å². The van der Waals surface area contributed by atoms with Crippen molar-refractivity contribution in [1.29, 1.82) is 0 Å². The van der Waals surface area contributed by atoms with E-state index < -0.39 is 0 Å². The van der Waals surface area contributed by atoms with Gasteiger partial charge in [0.2, 0.25) is 0 Å². The molecule has 0 bridgehead atoms. The van der Waals surface area contributed by atoms with Crippen molar-refractivity contribution in [1.82, 2.24) is 4.98 Å². The van der Waals surface area contributed by atoms with Gasteiger partial charge in [0, 0.05) is 17.9 Å². The maximum atomic E-state index is 12.5. The first-order chi connectivity index (χ1) is 9.19. The lowest BCUT2D eigenvalue weighted by atomic mass is 9.79. The lowest BCUT2D eigenvalue weighted by Crippen LogP contribution is -2.44. The van der Waals surface area contributed by atoms with E-state index in [0.29, 0.717) is 5.69 Å². The Morgan fingerprint density at radius 2 is 2.26 bits per heavy atom. The number of rotatable bonds is 2. The van der Waals surface area contributed by atoms with E-state index in [2.05, 4.69) is 4.98 Å². The fourth-order valence-corrected chi connectivity index (χ4v) is 4.87. The zero-order valence-corrected chi connectivity index (χ0v) is 12.8. The number of hydrogen-bond acceptors (Lipinski definition) is 5. The second-order valence-corrected chi connectivity index (χ2v) is 7.74. The van der Waals surface area contributed by atoms with Crippen molar-refractivity contribution in [2.24, 2.45) is 5.92 Å². The molecule has 3 heterocycles. The van der Waals surface area contributed by atoms with Gasteiger partial charge in [-0.3, -0.25) is 4.79 Å². The molecular formula is C14H19NO2S2. The molecule has 2 aliphatic heterocycles. The summed E-state index contributed by atoms with van der Waals surface area (Å²) in [6.07, 6.45) is 3.93. The molecule has 2 saturated heterocycles. The number of ketones is 1. The third-order valence-corrected chi connectivity index (χ3v) is 5.90. The molecule has 0 aromatic carbocycles. The summed E-state index contributed by atoms with van der Waals surface area (Å²) in [6, 6.07) is 0. The summed E-state index contributed by atoms with van der Waals surface area (Å²) in [5, 5.41) is 2.87. The van der Waals surface area contributed by atoms with Crippen LogP contribution in [0.25, 0.3) is 0 Å². The van der Waals surface area contributed by atoms with E-state index in [1.807, 2.05) is 24.1 Å². The standard InChI is InChI=1S/C14H19NO2S2/c1-10-15-12(9-19-10)13(16)11-2-5-17-14(8-11)3-6-18-7-4-14/h9,11H,2-8H2,1H3. The Balaban J connectivity index is 1.72. The minimum absolute atomic E-state index is 0.0190. The van der Waals surface area contributed by atoms with E-state index in [4.69, 9.17) is 4.74 Å². The Labute approximate surface area is 122 Å². The molecule has 2 fully saturated rings. The second-order valence-electron chi connectivity index (χ2n) is 5.45. The van der Waals surface area contributed by atoms with Crippen LogP contribution in [-0.2, 0) is 4.74 Å². The Kier molecular flexibility index (Phi) is 3.96. The zero-order chi connectivity index (χ0) is 13.3. The fourth-order valence-electron chi connectivity index (χ4n) is 3.03. The van der Waals surface area contributed by atoms with Gasteiger partial charge in [0.1, 0.15) is 5.69 Å². The summed E-state index contributed by atoms with van der Waals surface area (Å²) < 4.78 is 6.04. The normalized spacial score (nSPS) is 26.5. The number of carbonyl (C=O) groups is 1. The summed E-state index contributed by atoms with van der Waals surface area (Å²) in [5.41, 5.74) is 0.643. The number of ether oxygens (including phenoxy) is 1. The predicted octanol–water partition coefficient (Wildman–Crippen LogP) is 3.33. The lowest BCUT2D eigenvalue weighted by molar-refractivity contribution is -0.0960. The Morgan fingerprint density at radius 1 is 1.47 bits per heavy atom. The molecule has 104 valence electrons. The highest BCUT2D eigenvalue weighted by atomic mass is 32.2. The van der Waals surface area contributed by atoms with Crippen molar-refractivity contribution in [2.45, 2.75) is 38.2 Å². The number of hydrogen-bond donors (Lipinski definition) is 0. The predicted molar refractivity (Wildman–Crippen MR) is 79.1 cm³/mol. The number of carbonyl (C=O) groups excluding carboxylic acids is 1. The van der Waals surface area contributed by atoms with E-state index in [9.17, 15) is 4.79 Å². The number of thiazole rings is 1. The molecule has 1 spiro atoms. The van der Waals surface area contributed by atoms with E-state index in [1.165, 1.54) is 0 Å². The summed E-state index contributed by atoms with van der Waals surface area (Å²) in [4.78, 5) is 16.9. The van der Waals surface area contributed by atoms with Crippen LogP contribution in [0, 0.1) is 12.8 Å². The van der Waals surface area contributed by atoms with Crippen LogP contribution in [0.2, 0.25) is 0 Å². The van der Waals surface area contributed by atoms with Crippen molar-refractivity contribution in [3.63, 3.8) is 0 Å². The van der Waals surface area contributed by atoms with Crippen molar-refractivity contribution in [2.75, 3.05) is 18.1 Å². The van der Waals surface area contributed by atoms with Crippen LogP contribution in [0.15, 0.2) is 5.38 Å². The molecule has 3 nitrogen and oxygen atoms in total. The summed E-state index contributed by atoms with van der Waals surface area (Å²) >= 11 is 3.55. The van der Waals surface area contributed by atoms with Gasteiger partial charge in [0.25, 0.3) is 0 Å². The van der Waals surface area contributed by atoms with Gasteiger partial charge in [-0.15, -0.1) is 11.3 Å². The molecule has 1 aromatic rings. The van der Waals surface area contributed by atoms with Gasteiger partial charge in [0.15, 0.2) is 5.78 Å². The maximum absolute atomic E-state index is 12.5. The van der Waals surface area contributed by atoms with Gasteiger partial charge >= 0.3 is 0 Å². The van der Waals surface area contributed by atoms with Crippen LogP contribution in [0.5, 0.6) is 0 Å². The quantitative estimate of drug-likeness (QED) is 0.785. The Morgan fingerprint density at radius 3 is 2.95 bits per heavy atom. The van der Waals surface area contributed by atoms with Crippen molar-refractivity contribution < 1.29 is 9.53 Å². The molecule has 3 rings (SSSR count). The summed E-state index contributed by atoms with van der Waals surface area (Å²) in [5.74, 6) is 2.66. The third-order valence-electron chi connectivity index (χ3n) is 4.14. The first kappa shape index (κ1) is 13.6. The molecule has 0 saturated carbocycles. The second kappa shape index (κ2) is 5.54. The highest BCUT2D eigenvalue weighted by molar-refractivity contribution is 7.99. The van der Waals surface area contributed by atoms with E-state index >= 15 is 0 Å². The molecule has 2 aliphatic rings. The maximum Gasteiger partial charge on any atom is 0.185 e. The smallest absolute Gasteiger partial charge is 0.185 e. The van der Waals surface area contributed by atoms with E-state index in [-0.39, 0.29) is 17.3 Å². The van der Waals surface area contributed by atoms with Crippen LogP contribution in [-0.4, -0.2) is 34.5 Å². The zero-order valence-electron chi connectivity index (χ0n) is 11.2. The van der Waals surface area contributed by atoms with Gasteiger partial charge in [-0.05, 0) is 44.1 Å². The third kappa shape index (κ3) is 2.88. The molecule has 1 unspecified atom stereocenters. The molecule has 1 aromatic heterocycles. The topological polar surface area (TPSA) is 39.2 Å². The average molecular weight is 297 g/mol. The molecular weight excluding hydrogens is 278 g/mol. The Bertz CT molecular complexity index is 460. The molecule has 1 atom stereocenters. The number of nitrogens with zero attached hydrogens (tertiary/aromatic N) is 1. The van der Waals surface area contributed by atoms with Crippen molar-refractivity contribution in [3.05, 3.63) is 16.1 Å². The van der Waals surface area contributed by atoms with Gasteiger partial charge in [0.05, 0.1) is 10.6 Å². The minimum atomic E-state index is -0.0190. The van der Waals surface area contributed by atoms with Crippen molar-refractivity contribution in [3.8, 4) is 0 Å². The first-order valence-electron chi connectivity index (χ1n) is 6.87. The molecule has 5 heteroatoms. The summed E-state index contributed by atoms with van der Waals surface area (Å²) in [7, 11) is 0. The van der Waals surface area contributed by atoms with Crippen LogP contribution in [0.1, 0.15) is 41.2 Å². The lowest BCUT2D eigenvalue weighted by Gasteiger charge is -2.42. The molecule has 0 N–H and O–H groups in total. The van der Waals surface area contributed by atoms with E-state index in [1.54, 1.807) is 11.3 Å². The summed E-state index contributed by atoms with van der Waals surface area (Å²) in [6.45, 7) is 2.68. The molecule has 19 heavy (non-hydrogen) atoms. The highest BCUT2D eigenvalue weighted by Crippen LogP contribution is 2.40. The van der Waals surface area contributed by atoms with Gasteiger partial charge in [-0.1, -0.05) is 0 Å². The molecule has 0 aliphatic carbocycles. The van der Waals surface area contributed by atoms with Gasteiger partial charge < -0.3 is 4.74 Å². The molecule has 0 amide bonds. The van der Waals surface area contributed by atoms with Crippen LogP contribution in [0.3, 0.4) is 0 Å². The Hall–Kier alpha value is -0.390. The minimum Gasteiger partial charge on any atom is -0.375 e. The van der Waals surface area contributed by atoms with Gasteiger partial charge in [-0.25, -0.2) is 4.98 Å². The molecule has 0 radical (unpaired) electrons. The van der Waals surface area contributed by atoms with Crippen LogP contribution >= 0.6 is 23.1 Å². The average Bonchev–Trinajstić information content (AvgIpc) is 2.85.